The summed E-state index contributed by atoms with van der Waals surface area (Å²) in [5.41, 5.74) is -0.756. The van der Waals surface area contributed by atoms with E-state index in [0.29, 0.717) is 5.69 Å². The average Bonchev–Trinajstić information content (AvgIpc) is 2.37. The zero-order chi connectivity index (χ0) is 8.32. The first-order valence-electron chi connectivity index (χ1n) is 3.24. The maximum absolute atomic E-state index is 9.58. The van der Waals surface area contributed by atoms with Gasteiger partial charge in [-0.1, -0.05) is 11.1 Å². The first-order valence-corrected chi connectivity index (χ1v) is 3.24. The van der Waals surface area contributed by atoms with E-state index in [-0.39, 0.29) is 0 Å². The van der Waals surface area contributed by atoms with Gasteiger partial charge < -0.3 is 9.63 Å². The minimum absolute atomic E-state index is 0.437. The van der Waals surface area contributed by atoms with Gasteiger partial charge in [0, 0.05) is 6.07 Å². The van der Waals surface area contributed by atoms with Gasteiger partial charge in [-0.15, -0.1) is 5.92 Å². The molecule has 0 saturated carbocycles. The van der Waals surface area contributed by atoms with E-state index in [1.54, 1.807) is 19.9 Å². The van der Waals surface area contributed by atoms with Gasteiger partial charge in [0.25, 0.3) is 0 Å². The molecule has 0 aliphatic heterocycles. The molecule has 1 heterocycles. The van der Waals surface area contributed by atoms with E-state index in [1.165, 1.54) is 6.26 Å². The maximum atomic E-state index is 9.58. The molecule has 0 aliphatic rings. The second kappa shape index (κ2) is 2.77. The molecule has 58 valence electrons. The zero-order valence-electron chi connectivity index (χ0n) is 6.46. The molecule has 3 heteroatoms. The molecule has 0 saturated heterocycles. The molecule has 1 rings (SSSR count). The van der Waals surface area contributed by atoms with Gasteiger partial charge >= 0.3 is 0 Å². The van der Waals surface area contributed by atoms with E-state index in [1.807, 2.05) is 0 Å². The molecule has 0 spiro atoms. The molecular weight excluding hydrogens is 142 g/mol. The Hall–Kier alpha value is -1.27. The molecule has 0 aromatic carbocycles. The first kappa shape index (κ1) is 7.83. The van der Waals surface area contributed by atoms with Crippen LogP contribution in [0.3, 0.4) is 0 Å². The van der Waals surface area contributed by atoms with E-state index in [9.17, 15) is 5.11 Å². The van der Waals surface area contributed by atoms with Crippen molar-refractivity contribution in [2.24, 2.45) is 0 Å². The third-order valence-electron chi connectivity index (χ3n) is 1.30. The van der Waals surface area contributed by atoms with Crippen LogP contribution in [-0.4, -0.2) is 10.3 Å². The summed E-state index contributed by atoms with van der Waals surface area (Å²) in [4.78, 5) is 0. The molecule has 1 unspecified atom stereocenters. The Balaban J connectivity index is 2.96. The number of nitrogens with zero attached hydrogens (tertiary/aromatic N) is 1. The Morgan fingerprint density at radius 3 is 2.91 bits per heavy atom. The lowest BCUT2D eigenvalue weighted by Crippen LogP contribution is -2.18. The molecule has 1 aromatic heterocycles. The van der Waals surface area contributed by atoms with Gasteiger partial charge in [0.15, 0.2) is 5.60 Å². The molecule has 1 N–H and O–H groups in total. The minimum Gasteiger partial charge on any atom is -0.372 e. The van der Waals surface area contributed by atoms with E-state index in [2.05, 4.69) is 21.5 Å². The van der Waals surface area contributed by atoms with Crippen molar-refractivity contribution in [1.82, 2.24) is 5.16 Å². The number of hydrogen-bond acceptors (Lipinski definition) is 3. The van der Waals surface area contributed by atoms with E-state index < -0.39 is 5.60 Å². The Bertz CT molecular complexity index is 277. The lowest BCUT2D eigenvalue weighted by molar-refractivity contribution is 0.112. The van der Waals surface area contributed by atoms with Crippen molar-refractivity contribution < 1.29 is 9.63 Å². The molecule has 1 atom stereocenters. The summed E-state index contributed by atoms with van der Waals surface area (Å²) in [6, 6.07) is 1.59. The van der Waals surface area contributed by atoms with Gasteiger partial charge in [-0.05, 0) is 13.8 Å². The van der Waals surface area contributed by atoms with Crippen LogP contribution < -0.4 is 0 Å². The molecule has 0 fully saturated rings. The molecule has 0 amide bonds. The highest BCUT2D eigenvalue weighted by Crippen LogP contribution is 2.16. The van der Waals surface area contributed by atoms with Gasteiger partial charge in [0.1, 0.15) is 12.0 Å². The average molecular weight is 151 g/mol. The van der Waals surface area contributed by atoms with Crippen LogP contribution in [0.15, 0.2) is 16.9 Å². The highest BCUT2D eigenvalue weighted by molar-refractivity contribution is 5.22. The Morgan fingerprint density at radius 1 is 1.73 bits per heavy atom. The van der Waals surface area contributed by atoms with Crippen molar-refractivity contribution in [3.63, 3.8) is 0 Å². The lowest BCUT2D eigenvalue weighted by atomic mass is 10.0. The molecule has 3 nitrogen and oxygen atoms in total. The molecule has 11 heavy (non-hydrogen) atoms. The van der Waals surface area contributed by atoms with Crippen LogP contribution in [0.25, 0.3) is 0 Å². The Labute approximate surface area is 65.0 Å². The van der Waals surface area contributed by atoms with Crippen LogP contribution in [0.5, 0.6) is 0 Å². The fraction of sp³-hybridized carbons (Fsp3) is 0.375. The topological polar surface area (TPSA) is 46.3 Å². The van der Waals surface area contributed by atoms with Gasteiger partial charge in [0.2, 0.25) is 0 Å². The lowest BCUT2D eigenvalue weighted by Gasteiger charge is -2.10. The summed E-state index contributed by atoms with van der Waals surface area (Å²) >= 11 is 0. The second-order valence-electron chi connectivity index (χ2n) is 2.33. The highest BCUT2D eigenvalue weighted by atomic mass is 16.5. The predicted octanol–water partition coefficient (Wildman–Crippen LogP) is 0.905. The molecule has 0 aliphatic carbocycles. The summed E-state index contributed by atoms with van der Waals surface area (Å²) in [5, 5.41) is 13.2. The largest absolute Gasteiger partial charge is 0.372 e. The monoisotopic (exact) mass is 151 g/mol. The summed E-state index contributed by atoms with van der Waals surface area (Å²) < 4.78 is 4.57. The Kier molecular flexibility index (Phi) is 1.97. The van der Waals surface area contributed by atoms with Crippen LogP contribution in [0.4, 0.5) is 0 Å². The Morgan fingerprint density at radius 2 is 2.45 bits per heavy atom. The molecule has 1 aromatic rings. The van der Waals surface area contributed by atoms with Gasteiger partial charge in [-0.3, -0.25) is 0 Å². The third kappa shape index (κ3) is 1.60. The van der Waals surface area contributed by atoms with Crippen molar-refractivity contribution in [2.75, 3.05) is 0 Å². The minimum atomic E-state index is -1.19. The summed E-state index contributed by atoms with van der Waals surface area (Å²) in [6.07, 6.45) is 1.40. The van der Waals surface area contributed by atoms with Gasteiger partial charge in [-0.2, -0.15) is 0 Å². The van der Waals surface area contributed by atoms with Crippen LogP contribution in [0.1, 0.15) is 19.5 Å². The standard InChI is InChI=1S/C8H9NO2/c1-3-5-8(2,10)7-4-6-11-9-7/h4,6,10H,1-2H3. The predicted molar refractivity (Wildman–Crippen MR) is 39.5 cm³/mol. The summed E-state index contributed by atoms with van der Waals surface area (Å²) in [7, 11) is 0. The maximum Gasteiger partial charge on any atom is 0.168 e. The summed E-state index contributed by atoms with van der Waals surface area (Å²) in [5.74, 6) is 5.22. The van der Waals surface area contributed by atoms with E-state index in [4.69, 9.17) is 0 Å². The second-order valence-corrected chi connectivity index (χ2v) is 2.33. The van der Waals surface area contributed by atoms with Crippen LogP contribution in [0, 0.1) is 11.8 Å². The molecular formula is C8H9NO2. The van der Waals surface area contributed by atoms with E-state index in [0.717, 1.165) is 0 Å². The van der Waals surface area contributed by atoms with Gasteiger partial charge in [-0.25, -0.2) is 0 Å². The van der Waals surface area contributed by atoms with Crippen molar-refractivity contribution in [3.05, 3.63) is 18.0 Å². The van der Waals surface area contributed by atoms with Crippen LogP contribution in [0.2, 0.25) is 0 Å². The number of rotatable bonds is 1. The van der Waals surface area contributed by atoms with E-state index >= 15 is 0 Å². The normalized spacial score (nSPS) is 14.8. The fourth-order valence-electron chi connectivity index (χ4n) is 0.771. The van der Waals surface area contributed by atoms with Crippen LogP contribution >= 0.6 is 0 Å². The van der Waals surface area contributed by atoms with Gasteiger partial charge in [0.05, 0.1) is 0 Å². The molecule has 0 radical (unpaired) electrons. The zero-order valence-corrected chi connectivity index (χ0v) is 6.46. The smallest absolute Gasteiger partial charge is 0.168 e. The fourth-order valence-corrected chi connectivity index (χ4v) is 0.771. The highest BCUT2D eigenvalue weighted by Gasteiger charge is 2.22. The quantitative estimate of drug-likeness (QED) is 0.607. The number of hydrogen-bond donors (Lipinski definition) is 1. The summed E-state index contributed by atoms with van der Waals surface area (Å²) in [6.45, 7) is 3.23. The number of aliphatic hydroxyl groups is 1. The van der Waals surface area contributed by atoms with Crippen LogP contribution in [-0.2, 0) is 5.60 Å². The molecule has 0 bridgehead atoms. The van der Waals surface area contributed by atoms with Crippen molar-refractivity contribution >= 4 is 0 Å². The first-order chi connectivity index (χ1) is 5.17. The number of aromatic nitrogens is 1. The van der Waals surface area contributed by atoms with Crippen molar-refractivity contribution in [3.8, 4) is 11.8 Å². The third-order valence-corrected chi connectivity index (χ3v) is 1.30. The van der Waals surface area contributed by atoms with Crippen molar-refractivity contribution in [2.45, 2.75) is 19.4 Å². The van der Waals surface area contributed by atoms with Crippen molar-refractivity contribution in [1.29, 1.82) is 0 Å². The SMILES string of the molecule is CC#CC(C)(O)c1ccon1.